The number of ketones is 1. The highest BCUT2D eigenvalue weighted by atomic mass is 32.2. The molecule has 1 heterocycles. The maximum absolute atomic E-state index is 12.6. The van der Waals surface area contributed by atoms with Crippen molar-refractivity contribution in [1.29, 1.82) is 0 Å². The van der Waals surface area contributed by atoms with Crippen LogP contribution in [0.5, 0.6) is 11.5 Å². The maximum atomic E-state index is 12.6. The van der Waals surface area contributed by atoms with Crippen LogP contribution in [0.1, 0.15) is 22.8 Å². The number of nitrogens with zero attached hydrogens (tertiary/aromatic N) is 1. The number of fused-ring (bicyclic) bond motifs is 1. The van der Waals surface area contributed by atoms with E-state index in [0.717, 1.165) is 4.31 Å². The molecule has 0 aliphatic rings. The van der Waals surface area contributed by atoms with Gasteiger partial charge in [-0.1, -0.05) is 0 Å². The number of aryl methyl sites for hydroxylation is 1. The van der Waals surface area contributed by atoms with Crippen LogP contribution in [0.4, 0.5) is 5.69 Å². The van der Waals surface area contributed by atoms with Gasteiger partial charge in [0, 0.05) is 25.5 Å². The predicted octanol–water partition coefficient (Wildman–Crippen LogP) is 2.58. The molecule has 0 saturated carbocycles. The molecule has 0 radical (unpaired) electrons. The monoisotopic (exact) mass is 488 g/mol. The first kappa shape index (κ1) is 24.9. The average molecular weight is 489 g/mol. The fourth-order valence-corrected chi connectivity index (χ4v) is 4.23. The Morgan fingerprint density at radius 1 is 1.09 bits per heavy atom. The number of benzene rings is 2. The van der Waals surface area contributed by atoms with Gasteiger partial charge in [0.05, 0.1) is 17.7 Å². The Morgan fingerprint density at radius 3 is 2.38 bits per heavy atom. The summed E-state index contributed by atoms with van der Waals surface area (Å²) in [4.78, 5) is 36.7. The van der Waals surface area contributed by atoms with E-state index in [2.05, 4.69) is 5.32 Å². The molecule has 0 saturated heterocycles. The first-order valence-corrected chi connectivity index (χ1v) is 11.5. The molecule has 3 aromatic rings. The second-order valence-corrected chi connectivity index (χ2v) is 9.76. The quantitative estimate of drug-likeness (QED) is 0.378. The van der Waals surface area contributed by atoms with Gasteiger partial charge < -0.3 is 19.2 Å². The van der Waals surface area contributed by atoms with Crippen molar-refractivity contribution < 1.29 is 31.9 Å². The molecule has 0 spiro atoms. The van der Waals surface area contributed by atoms with Crippen molar-refractivity contribution in [3.05, 3.63) is 57.9 Å². The van der Waals surface area contributed by atoms with E-state index in [0.29, 0.717) is 10.9 Å². The number of sulfonamides is 1. The Labute approximate surface area is 196 Å². The molecule has 180 valence electrons. The highest BCUT2D eigenvalue weighted by molar-refractivity contribution is 7.89. The van der Waals surface area contributed by atoms with E-state index >= 15 is 0 Å². The van der Waals surface area contributed by atoms with Crippen LogP contribution in [-0.4, -0.2) is 52.2 Å². The van der Waals surface area contributed by atoms with Crippen molar-refractivity contribution in [2.45, 2.75) is 18.7 Å². The van der Waals surface area contributed by atoms with Gasteiger partial charge in [0.2, 0.25) is 10.0 Å². The van der Waals surface area contributed by atoms with Crippen LogP contribution in [0.2, 0.25) is 0 Å². The van der Waals surface area contributed by atoms with Gasteiger partial charge in [-0.15, -0.1) is 0 Å². The Morgan fingerprint density at radius 2 is 1.76 bits per heavy atom. The lowest BCUT2D eigenvalue weighted by Gasteiger charge is -2.16. The largest absolute Gasteiger partial charge is 0.495 e. The van der Waals surface area contributed by atoms with Crippen molar-refractivity contribution >= 4 is 38.4 Å². The lowest BCUT2D eigenvalue weighted by atomic mass is 10.0. The number of amides is 1. The summed E-state index contributed by atoms with van der Waals surface area (Å²) in [5, 5.41) is 3.13. The zero-order chi connectivity index (χ0) is 25.2. The number of methoxy groups -OCH3 is 1. The van der Waals surface area contributed by atoms with Crippen LogP contribution in [0.15, 0.2) is 50.5 Å². The molecule has 0 aliphatic carbocycles. The fraction of sp³-hybridized carbons (Fsp3) is 0.261. The van der Waals surface area contributed by atoms with Gasteiger partial charge in [0.15, 0.2) is 18.0 Å². The van der Waals surface area contributed by atoms with Crippen molar-refractivity contribution in [3.8, 4) is 11.5 Å². The summed E-state index contributed by atoms with van der Waals surface area (Å²) in [7, 11) is 0.432. The molecule has 0 atom stereocenters. The van der Waals surface area contributed by atoms with Crippen LogP contribution in [-0.2, 0) is 14.8 Å². The van der Waals surface area contributed by atoms with E-state index in [4.69, 9.17) is 13.9 Å². The number of carbonyl (C=O) groups is 2. The van der Waals surface area contributed by atoms with E-state index in [9.17, 15) is 22.8 Å². The zero-order valence-electron chi connectivity index (χ0n) is 19.3. The number of hydrogen-bond donors (Lipinski definition) is 1. The first-order chi connectivity index (χ1) is 15.9. The van der Waals surface area contributed by atoms with Gasteiger partial charge in [-0.05, 0) is 49.7 Å². The lowest BCUT2D eigenvalue weighted by molar-refractivity contribution is -0.118. The molecule has 0 unspecified atom stereocenters. The Balaban J connectivity index is 1.88. The molecule has 2 aromatic carbocycles. The van der Waals surface area contributed by atoms with Gasteiger partial charge in [-0.25, -0.2) is 17.5 Å². The standard InChI is InChI=1S/C23H24N2O8S/c1-13-10-21(28)33-23-16(13)7-9-19(22(23)14(2)26)32-12-20(27)24-17-11-15(6-8-18(17)31-5)34(29,30)25(3)4/h6-11H,12H2,1-5H3,(H,24,27). The second-order valence-electron chi connectivity index (χ2n) is 7.61. The number of anilines is 1. The minimum absolute atomic E-state index is 0.0340. The SMILES string of the molecule is COc1ccc(S(=O)(=O)N(C)C)cc1NC(=O)COc1ccc2c(C)cc(=O)oc2c1C(C)=O. The van der Waals surface area contributed by atoms with Gasteiger partial charge in [0.1, 0.15) is 17.1 Å². The number of Topliss-reactive ketones (excluding diaryl/α,β-unsaturated/α-hetero) is 1. The number of nitrogens with one attached hydrogen (secondary N) is 1. The van der Waals surface area contributed by atoms with Crippen molar-refractivity contribution in [3.63, 3.8) is 0 Å². The van der Waals surface area contributed by atoms with Crippen LogP contribution >= 0.6 is 0 Å². The smallest absolute Gasteiger partial charge is 0.336 e. The lowest BCUT2D eigenvalue weighted by Crippen LogP contribution is -2.23. The molecule has 1 N–H and O–H groups in total. The summed E-state index contributed by atoms with van der Waals surface area (Å²) in [5.41, 5.74) is 0.284. The fourth-order valence-electron chi connectivity index (χ4n) is 3.31. The number of rotatable bonds is 8. The number of hydrogen-bond acceptors (Lipinski definition) is 8. The molecule has 1 aromatic heterocycles. The molecule has 3 rings (SSSR count). The summed E-state index contributed by atoms with van der Waals surface area (Å²) in [6, 6.07) is 8.54. The second kappa shape index (κ2) is 9.65. The van der Waals surface area contributed by atoms with E-state index in [-0.39, 0.29) is 33.2 Å². The Hall–Kier alpha value is -3.70. The Bertz CT molecular complexity index is 1440. The van der Waals surface area contributed by atoms with Gasteiger partial charge >= 0.3 is 5.63 Å². The average Bonchev–Trinajstić information content (AvgIpc) is 2.76. The molecule has 0 fully saturated rings. The molecule has 0 bridgehead atoms. The van der Waals surface area contributed by atoms with Crippen LogP contribution in [0.3, 0.4) is 0 Å². The molecular formula is C23H24N2O8S. The summed E-state index contributed by atoms with van der Waals surface area (Å²) >= 11 is 0. The van der Waals surface area contributed by atoms with Gasteiger partial charge in [0.25, 0.3) is 5.91 Å². The zero-order valence-corrected chi connectivity index (χ0v) is 20.1. The van der Waals surface area contributed by atoms with E-state index in [1.807, 2.05) is 0 Å². The minimum atomic E-state index is -3.74. The number of ether oxygens (including phenoxy) is 2. The molecule has 1 amide bonds. The molecule has 11 heteroatoms. The van der Waals surface area contributed by atoms with Crippen molar-refractivity contribution in [2.75, 3.05) is 33.1 Å². The van der Waals surface area contributed by atoms with Crippen molar-refractivity contribution in [1.82, 2.24) is 4.31 Å². The molecule has 0 aliphatic heterocycles. The maximum Gasteiger partial charge on any atom is 0.336 e. The van der Waals surface area contributed by atoms with Crippen LogP contribution in [0.25, 0.3) is 11.0 Å². The summed E-state index contributed by atoms with van der Waals surface area (Å²) in [6.45, 7) is 2.51. The van der Waals surface area contributed by atoms with E-state index in [1.54, 1.807) is 13.0 Å². The van der Waals surface area contributed by atoms with Crippen LogP contribution < -0.4 is 20.4 Å². The van der Waals surface area contributed by atoms with E-state index in [1.165, 1.54) is 58.5 Å². The third-order valence-electron chi connectivity index (χ3n) is 5.02. The molecule has 10 nitrogen and oxygen atoms in total. The highest BCUT2D eigenvalue weighted by Gasteiger charge is 2.21. The first-order valence-electron chi connectivity index (χ1n) is 10.1. The summed E-state index contributed by atoms with van der Waals surface area (Å²) < 4.78 is 41.9. The summed E-state index contributed by atoms with van der Waals surface area (Å²) in [5.74, 6) is -0.714. The highest BCUT2D eigenvalue weighted by Crippen LogP contribution is 2.31. The predicted molar refractivity (Wildman–Crippen MR) is 125 cm³/mol. The van der Waals surface area contributed by atoms with Crippen molar-refractivity contribution in [2.24, 2.45) is 0 Å². The van der Waals surface area contributed by atoms with Gasteiger partial charge in [-0.3, -0.25) is 9.59 Å². The minimum Gasteiger partial charge on any atom is -0.495 e. The van der Waals surface area contributed by atoms with Gasteiger partial charge in [-0.2, -0.15) is 0 Å². The normalized spacial score (nSPS) is 11.5. The number of carbonyl (C=O) groups excluding carboxylic acids is 2. The van der Waals surface area contributed by atoms with Crippen LogP contribution in [0, 0.1) is 6.92 Å². The van der Waals surface area contributed by atoms with E-state index < -0.39 is 33.9 Å². The Kier molecular flexibility index (Phi) is 7.08. The topological polar surface area (TPSA) is 132 Å². The molecular weight excluding hydrogens is 464 g/mol. The molecule has 34 heavy (non-hydrogen) atoms. The third-order valence-corrected chi connectivity index (χ3v) is 6.83. The summed E-state index contributed by atoms with van der Waals surface area (Å²) in [6.07, 6.45) is 0. The third kappa shape index (κ3) is 4.95.